The smallest absolute Gasteiger partial charge is 0.270 e. The lowest BCUT2D eigenvalue weighted by Gasteiger charge is -2.42. The largest absolute Gasteiger partial charge is 0.368 e. The molecule has 0 bridgehead atoms. The van der Waals surface area contributed by atoms with E-state index < -0.39 is 0 Å². The van der Waals surface area contributed by atoms with Crippen LogP contribution in [-0.4, -0.2) is 40.6 Å². The summed E-state index contributed by atoms with van der Waals surface area (Å²) in [7, 11) is 3.68. The van der Waals surface area contributed by atoms with Gasteiger partial charge in [0.25, 0.3) is 5.56 Å². The molecule has 1 aliphatic heterocycles. The predicted molar refractivity (Wildman–Crippen MR) is 124 cm³/mol. The normalized spacial score (nSPS) is 18.3. The van der Waals surface area contributed by atoms with E-state index in [1.165, 1.54) is 16.7 Å². The quantitative estimate of drug-likeness (QED) is 0.614. The van der Waals surface area contributed by atoms with Gasteiger partial charge in [-0.15, -0.1) is 0 Å². The number of piperidine rings is 1. The Morgan fingerprint density at radius 1 is 1.18 bits per heavy atom. The van der Waals surface area contributed by atoms with Crippen molar-refractivity contribution in [2.75, 3.05) is 25.0 Å². The predicted octanol–water partition coefficient (Wildman–Crippen LogP) is 3.16. The Morgan fingerprint density at radius 3 is 2.55 bits per heavy atom. The molecular formula is C25H25FN6O. The highest BCUT2D eigenvalue weighted by Crippen LogP contribution is 2.32. The number of aryl methyl sites for hydroxylation is 1. The SMILES string of the molecule is C[C@H]1CN(c2c(C#N)c(=O)n(C)c3ccc(C#N)nc23)CC[C@H]1N(C)Cc1ccc(F)cc1. The number of aromatic nitrogens is 2. The van der Waals surface area contributed by atoms with Gasteiger partial charge in [-0.05, 0) is 49.2 Å². The van der Waals surface area contributed by atoms with Gasteiger partial charge in [-0.1, -0.05) is 19.1 Å². The molecule has 0 radical (unpaired) electrons. The first-order valence-electron chi connectivity index (χ1n) is 10.9. The van der Waals surface area contributed by atoms with E-state index in [2.05, 4.69) is 34.8 Å². The van der Waals surface area contributed by atoms with Gasteiger partial charge in [0, 0.05) is 32.7 Å². The van der Waals surface area contributed by atoms with Gasteiger partial charge < -0.3 is 9.47 Å². The van der Waals surface area contributed by atoms with E-state index in [1.807, 2.05) is 6.07 Å². The molecule has 0 amide bonds. The van der Waals surface area contributed by atoms with Crippen LogP contribution in [0.2, 0.25) is 0 Å². The molecule has 7 nitrogen and oxygen atoms in total. The number of halogens is 1. The third kappa shape index (κ3) is 4.18. The summed E-state index contributed by atoms with van der Waals surface area (Å²) in [5, 5.41) is 19.1. The first-order chi connectivity index (χ1) is 15.8. The van der Waals surface area contributed by atoms with E-state index in [4.69, 9.17) is 0 Å². The number of anilines is 1. The van der Waals surface area contributed by atoms with Crippen LogP contribution in [0.4, 0.5) is 10.1 Å². The second-order valence-corrected chi connectivity index (χ2v) is 8.70. The Balaban J connectivity index is 1.65. The lowest BCUT2D eigenvalue weighted by atomic mass is 9.91. The molecule has 8 heteroatoms. The zero-order valence-electron chi connectivity index (χ0n) is 18.9. The highest BCUT2D eigenvalue weighted by atomic mass is 19.1. The van der Waals surface area contributed by atoms with Crippen LogP contribution in [0.3, 0.4) is 0 Å². The molecule has 0 unspecified atom stereocenters. The minimum absolute atomic E-state index is 0.0536. The topological polar surface area (TPSA) is 88.9 Å². The number of hydrogen-bond acceptors (Lipinski definition) is 6. The van der Waals surface area contributed by atoms with E-state index in [-0.39, 0.29) is 34.6 Å². The summed E-state index contributed by atoms with van der Waals surface area (Å²) in [5.74, 6) is -0.000213. The second-order valence-electron chi connectivity index (χ2n) is 8.70. The maximum absolute atomic E-state index is 13.2. The standard InChI is InChI=1S/C25H25FN6O/c1-16-14-32(11-10-21(16)30(2)15-17-4-6-18(26)7-5-17)24-20(13-28)25(33)31(3)22-9-8-19(12-27)29-23(22)24/h4-9,16,21H,10-11,14-15H2,1-3H3/t16-,21+/m0/s1. The molecule has 2 atom stereocenters. The molecule has 1 aromatic carbocycles. The van der Waals surface area contributed by atoms with Gasteiger partial charge in [-0.2, -0.15) is 10.5 Å². The van der Waals surface area contributed by atoms with Crippen LogP contribution in [0.25, 0.3) is 11.0 Å². The molecule has 3 aromatic rings. The van der Waals surface area contributed by atoms with E-state index in [0.29, 0.717) is 36.4 Å². The minimum atomic E-state index is -0.366. The highest BCUT2D eigenvalue weighted by Gasteiger charge is 2.32. The van der Waals surface area contributed by atoms with Crippen molar-refractivity contribution in [3.05, 3.63) is 69.4 Å². The highest BCUT2D eigenvalue weighted by molar-refractivity contribution is 5.92. The molecule has 4 rings (SSSR count). The third-order valence-electron chi connectivity index (χ3n) is 6.53. The van der Waals surface area contributed by atoms with E-state index in [9.17, 15) is 19.7 Å². The lowest BCUT2D eigenvalue weighted by Crippen LogP contribution is -2.49. The van der Waals surface area contributed by atoms with Crippen molar-refractivity contribution < 1.29 is 4.39 Å². The van der Waals surface area contributed by atoms with Crippen LogP contribution in [-0.2, 0) is 13.6 Å². The summed E-state index contributed by atoms with van der Waals surface area (Å²) >= 11 is 0. The Labute approximate surface area is 191 Å². The molecule has 2 aromatic heterocycles. The van der Waals surface area contributed by atoms with Crippen molar-refractivity contribution in [1.29, 1.82) is 10.5 Å². The zero-order valence-corrected chi connectivity index (χ0v) is 18.9. The summed E-state index contributed by atoms with van der Waals surface area (Å²) in [5.41, 5.74) is 2.58. The van der Waals surface area contributed by atoms with Crippen LogP contribution in [0.5, 0.6) is 0 Å². The van der Waals surface area contributed by atoms with Crippen LogP contribution in [0.15, 0.2) is 41.2 Å². The van der Waals surface area contributed by atoms with Crippen molar-refractivity contribution in [1.82, 2.24) is 14.5 Å². The van der Waals surface area contributed by atoms with Crippen molar-refractivity contribution in [2.24, 2.45) is 13.0 Å². The summed E-state index contributed by atoms with van der Waals surface area (Å²) in [4.78, 5) is 21.7. The number of benzene rings is 1. The number of nitrogens with zero attached hydrogens (tertiary/aromatic N) is 6. The van der Waals surface area contributed by atoms with Crippen molar-refractivity contribution in [3.8, 4) is 12.1 Å². The third-order valence-corrected chi connectivity index (χ3v) is 6.53. The fourth-order valence-corrected chi connectivity index (χ4v) is 4.85. The maximum Gasteiger partial charge on any atom is 0.270 e. The first kappa shape index (κ1) is 22.4. The fraction of sp³-hybridized carbons (Fsp3) is 0.360. The number of nitriles is 2. The van der Waals surface area contributed by atoms with Crippen molar-refractivity contribution >= 4 is 16.7 Å². The van der Waals surface area contributed by atoms with E-state index in [0.717, 1.165) is 12.0 Å². The van der Waals surface area contributed by atoms with Crippen molar-refractivity contribution in [3.63, 3.8) is 0 Å². The lowest BCUT2D eigenvalue weighted by molar-refractivity contribution is 0.152. The number of fused-ring (bicyclic) bond motifs is 1. The molecule has 1 aliphatic rings. The first-order valence-corrected chi connectivity index (χ1v) is 10.9. The van der Waals surface area contributed by atoms with Crippen LogP contribution >= 0.6 is 0 Å². The average Bonchev–Trinajstić information content (AvgIpc) is 2.82. The molecule has 0 aliphatic carbocycles. The fourth-order valence-electron chi connectivity index (χ4n) is 4.85. The average molecular weight is 445 g/mol. The van der Waals surface area contributed by atoms with Gasteiger partial charge in [0.05, 0.1) is 11.2 Å². The number of pyridine rings is 2. The van der Waals surface area contributed by atoms with Crippen LogP contribution < -0.4 is 10.5 Å². The summed E-state index contributed by atoms with van der Waals surface area (Å²) in [6.07, 6.45) is 0.832. The molecule has 0 N–H and O–H groups in total. The van der Waals surface area contributed by atoms with Crippen LogP contribution in [0.1, 0.15) is 30.2 Å². The maximum atomic E-state index is 13.2. The number of rotatable bonds is 4. The minimum Gasteiger partial charge on any atom is -0.368 e. The van der Waals surface area contributed by atoms with Crippen LogP contribution in [0, 0.1) is 34.4 Å². The number of hydrogen-bond donors (Lipinski definition) is 0. The van der Waals surface area contributed by atoms with Crippen molar-refractivity contribution in [2.45, 2.75) is 25.9 Å². The van der Waals surface area contributed by atoms with Gasteiger partial charge in [0.1, 0.15) is 34.7 Å². The molecule has 1 saturated heterocycles. The van der Waals surface area contributed by atoms with Gasteiger partial charge in [0.15, 0.2) is 0 Å². The van der Waals surface area contributed by atoms with E-state index >= 15 is 0 Å². The Kier molecular flexibility index (Phi) is 6.13. The summed E-state index contributed by atoms with van der Waals surface area (Å²) in [6, 6.07) is 14.3. The monoisotopic (exact) mass is 444 g/mol. The van der Waals surface area contributed by atoms with Gasteiger partial charge in [-0.3, -0.25) is 9.69 Å². The molecular weight excluding hydrogens is 419 g/mol. The molecule has 0 spiro atoms. The van der Waals surface area contributed by atoms with E-state index in [1.54, 1.807) is 31.3 Å². The van der Waals surface area contributed by atoms with Gasteiger partial charge in [0.2, 0.25) is 0 Å². The molecule has 33 heavy (non-hydrogen) atoms. The summed E-state index contributed by atoms with van der Waals surface area (Å²) < 4.78 is 14.6. The Bertz CT molecular complexity index is 1330. The molecule has 0 saturated carbocycles. The second kappa shape index (κ2) is 9.01. The molecule has 168 valence electrons. The zero-order chi connectivity index (χ0) is 23.7. The molecule has 1 fully saturated rings. The Morgan fingerprint density at radius 2 is 1.91 bits per heavy atom. The van der Waals surface area contributed by atoms with Gasteiger partial charge in [-0.25, -0.2) is 9.37 Å². The summed E-state index contributed by atoms with van der Waals surface area (Å²) in [6.45, 7) is 4.16. The molecule has 3 heterocycles. The Hall–Kier alpha value is -3.75. The van der Waals surface area contributed by atoms with Gasteiger partial charge >= 0.3 is 0 Å².